The SMILES string of the molecule is OCC1CCCN1c1ncnc2ccccc12. The summed E-state index contributed by atoms with van der Waals surface area (Å²) >= 11 is 0. The van der Waals surface area contributed by atoms with Crippen molar-refractivity contribution in [3.63, 3.8) is 0 Å². The van der Waals surface area contributed by atoms with Crippen LogP contribution in [0.1, 0.15) is 12.8 Å². The first-order valence-electron chi connectivity index (χ1n) is 5.97. The molecule has 0 radical (unpaired) electrons. The zero-order valence-electron chi connectivity index (χ0n) is 9.58. The van der Waals surface area contributed by atoms with Gasteiger partial charge in [0, 0.05) is 11.9 Å². The number of aliphatic hydroxyl groups excluding tert-OH is 1. The molecule has 1 N–H and O–H groups in total. The van der Waals surface area contributed by atoms with E-state index in [9.17, 15) is 5.11 Å². The average Bonchev–Trinajstić information content (AvgIpc) is 2.86. The quantitative estimate of drug-likeness (QED) is 0.849. The molecule has 88 valence electrons. The van der Waals surface area contributed by atoms with Crippen LogP contribution in [-0.4, -0.2) is 34.3 Å². The van der Waals surface area contributed by atoms with Crippen molar-refractivity contribution in [1.29, 1.82) is 0 Å². The molecule has 0 aliphatic carbocycles. The molecule has 2 aromatic rings. The van der Waals surface area contributed by atoms with Crippen LogP contribution < -0.4 is 4.90 Å². The van der Waals surface area contributed by atoms with Crippen molar-refractivity contribution < 1.29 is 5.11 Å². The molecule has 3 rings (SSSR count). The Labute approximate surface area is 99.9 Å². The van der Waals surface area contributed by atoms with Gasteiger partial charge in [0.05, 0.1) is 18.2 Å². The van der Waals surface area contributed by atoms with Crippen molar-refractivity contribution in [2.75, 3.05) is 18.1 Å². The summed E-state index contributed by atoms with van der Waals surface area (Å²) in [5.41, 5.74) is 0.959. The predicted octanol–water partition coefficient (Wildman–Crippen LogP) is 1.59. The summed E-state index contributed by atoms with van der Waals surface area (Å²) in [5, 5.41) is 10.4. The van der Waals surface area contributed by atoms with Gasteiger partial charge in [-0.1, -0.05) is 12.1 Å². The van der Waals surface area contributed by atoms with Crippen molar-refractivity contribution in [2.24, 2.45) is 0 Å². The second-order valence-corrected chi connectivity index (χ2v) is 4.39. The number of hydrogen-bond donors (Lipinski definition) is 1. The molecule has 2 heterocycles. The fraction of sp³-hybridized carbons (Fsp3) is 0.385. The van der Waals surface area contributed by atoms with Crippen molar-refractivity contribution in [1.82, 2.24) is 9.97 Å². The lowest BCUT2D eigenvalue weighted by Crippen LogP contribution is -2.32. The number of hydrogen-bond acceptors (Lipinski definition) is 4. The number of rotatable bonds is 2. The summed E-state index contributed by atoms with van der Waals surface area (Å²) < 4.78 is 0. The van der Waals surface area contributed by atoms with Crippen molar-refractivity contribution in [2.45, 2.75) is 18.9 Å². The lowest BCUT2D eigenvalue weighted by atomic mass is 10.2. The lowest BCUT2D eigenvalue weighted by Gasteiger charge is -2.24. The normalized spacial score (nSPS) is 20.1. The van der Waals surface area contributed by atoms with Crippen molar-refractivity contribution in [3.05, 3.63) is 30.6 Å². The Kier molecular flexibility index (Phi) is 2.65. The molecule has 1 aromatic carbocycles. The van der Waals surface area contributed by atoms with Crippen LogP contribution in [0.5, 0.6) is 0 Å². The highest BCUT2D eigenvalue weighted by Crippen LogP contribution is 2.28. The number of aromatic nitrogens is 2. The Hall–Kier alpha value is -1.68. The number of anilines is 1. The van der Waals surface area contributed by atoms with E-state index in [4.69, 9.17) is 0 Å². The summed E-state index contributed by atoms with van der Waals surface area (Å²) in [6, 6.07) is 8.21. The van der Waals surface area contributed by atoms with Gasteiger partial charge in [-0.25, -0.2) is 9.97 Å². The van der Waals surface area contributed by atoms with Gasteiger partial charge in [-0.3, -0.25) is 0 Å². The van der Waals surface area contributed by atoms with E-state index in [1.807, 2.05) is 24.3 Å². The van der Waals surface area contributed by atoms with Crippen LogP contribution in [0.25, 0.3) is 10.9 Å². The van der Waals surface area contributed by atoms with E-state index in [0.717, 1.165) is 36.1 Å². The Morgan fingerprint density at radius 1 is 1.29 bits per heavy atom. The number of para-hydroxylation sites is 1. The van der Waals surface area contributed by atoms with Gasteiger partial charge in [-0.2, -0.15) is 0 Å². The molecular weight excluding hydrogens is 214 g/mol. The van der Waals surface area contributed by atoms with E-state index in [1.54, 1.807) is 6.33 Å². The van der Waals surface area contributed by atoms with Gasteiger partial charge in [0.2, 0.25) is 0 Å². The molecule has 1 saturated heterocycles. The minimum atomic E-state index is 0.193. The predicted molar refractivity (Wildman–Crippen MR) is 67.0 cm³/mol. The molecule has 1 aromatic heterocycles. The van der Waals surface area contributed by atoms with Crippen LogP contribution in [0.4, 0.5) is 5.82 Å². The summed E-state index contributed by atoms with van der Waals surface area (Å²) in [5.74, 6) is 0.951. The van der Waals surface area contributed by atoms with Gasteiger partial charge < -0.3 is 10.0 Å². The molecule has 17 heavy (non-hydrogen) atoms. The number of aliphatic hydroxyl groups is 1. The van der Waals surface area contributed by atoms with Gasteiger partial charge >= 0.3 is 0 Å². The molecule has 0 bridgehead atoms. The van der Waals surface area contributed by atoms with Crippen molar-refractivity contribution in [3.8, 4) is 0 Å². The van der Waals surface area contributed by atoms with Crippen LogP contribution in [0.3, 0.4) is 0 Å². The van der Waals surface area contributed by atoms with E-state index < -0.39 is 0 Å². The monoisotopic (exact) mass is 229 g/mol. The minimum Gasteiger partial charge on any atom is -0.394 e. The second kappa shape index (κ2) is 4.30. The Balaban J connectivity index is 2.10. The van der Waals surface area contributed by atoms with Gasteiger partial charge in [-0.15, -0.1) is 0 Å². The minimum absolute atomic E-state index is 0.193. The molecule has 1 aliphatic rings. The van der Waals surface area contributed by atoms with Crippen LogP contribution in [-0.2, 0) is 0 Å². The fourth-order valence-corrected chi connectivity index (χ4v) is 2.52. The average molecular weight is 229 g/mol. The zero-order chi connectivity index (χ0) is 11.7. The molecule has 4 nitrogen and oxygen atoms in total. The van der Waals surface area contributed by atoms with Crippen LogP contribution in [0, 0.1) is 0 Å². The second-order valence-electron chi connectivity index (χ2n) is 4.39. The maximum atomic E-state index is 9.38. The highest BCUT2D eigenvalue weighted by atomic mass is 16.3. The number of benzene rings is 1. The summed E-state index contributed by atoms with van der Waals surface area (Å²) in [4.78, 5) is 10.9. The highest BCUT2D eigenvalue weighted by Gasteiger charge is 2.26. The topological polar surface area (TPSA) is 49.2 Å². The molecule has 1 unspecified atom stereocenters. The molecule has 1 atom stereocenters. The van der Waals surface area contributed by atoms with E-state index in [1.165, 1.54) is 0 Å². The smallest absolute Gasteiger partial charge is 0.140 e. The zero-order valence-corrected chi connectivity index (χ0v) is 9.58. The first-order valence-corrected chi connectivity index (χ1v) is 5.97. The van der Waals surface area contributed by atoms with Crippen LogP contribution in [0.2, 0.25) is 0 Å². The summed E-state index contributed by atoms with van der Waals surface area (Å²) in [6.45, 7) is 1.16. The Morgan fingerprint density at radius 2 is 2.18 bits per heavy atom. The van der Waals surface area contributed by atoms with Gasteiger partial charge in [-0.05, 0) is 25.0 Å². The fourth-order valence-electron chi connectivity index (χ4n) is 2.52. The van der Waals surface area contributed by atoms with Crippen LogP contribution >= 0.6 is 0 Å². The van der Waals surface area contributed by atoms with E-state index in [0.29, 0.717) is 0 Å². The highest BCUT2D eigenvalue weighted by molar-refractivity contribution is 5.89. The molecule has 4 heteroatoms. The first-order chi connectivity index (χ1) is 8.40. The molecule has 0 amide bonds. The maximum Gasteiger partial charge on any atom is 0.140 e. The maximum absolute atomic E-state index is 9.38. The third kappa shape index (κ3) is 1.74. The van der Waals surface area contributed by atoms with E-state index in [2.05, 4.69) is 14.9 Å². The van der Waals surface area contributed by atoms with Gasteiger partial charge in [0.25, 0.3) is 0 Å². The first kappa shape index (κ1) is 10.5. The third-order valence-corrected chi connectivity index (χ3v) is 3.38. The van der Waals surface area contributed by atoms with E-state index >= 15 is 0 Å². The molecule has 1 aliphatic heterocycles. The molecule has 1 fully saturated rings. The number of fused-ring (bicyclic) bond motifs is 1. The Bertz CT molecular complexity index is 524. The number of nitrogens with zero attached hydrogens (tertiary/aromatic N) is 3. The van der Waals surface area contributed by atoms with Gasteiger partial charge in [0.1, 0.15) is 12.1 Å². The standard InChI is InChI=1S/C13H15N3O/c17-8-10-4-3-7-16(10)13-11-5-1-2-6-12(11)14-9-15-13/h1-2,5-6,9-10,17H,3-4,7-8H2. The van der Waals surface area contributed by atoms with Gasteiger partial charge in [0.15, 0.2) is 0 Å². The summed E-state index contributed by atoms with van der Waals surface area (Å²) in [7, 11) is 0. The Morgan fingerprint density at radius 3 is 3.06 bits per heavy atom. The molecule has 0 spiro atoms. The third-order valence-electron chi connectivity index (χ3n) is 3.38. The molecular formula is C13H15N3O. The lowest BCUT2D eigenvalue weighted by molar-refractivity contribution is 0.266. The molecule has 0 saturated carbocycles. The van der Waals surface area contributed by atoms with Crippen LogP contribution in [0.15, 0.2) is 30.6 Å². The largest absolute Gasteiger partial charge is 0.394 e. The summed E-state index contributed by atoms with van der Waals surface area (Å²) in [6.07, 6.45) is 3.75. The van der Waals surface area contributed by atoms with E-state index in [-0.39, 0.29) is 12.6 Å². The van der Waals surface area contributed by atoms with Crippen molar-refractivity contribution >= 4 is 16.7 Å².